The van der Waals surface area contributed by atoms with Crippen molar-refractivity contribution < 1.29 is 0 Å². The lowest BCUT2D eigenvalue weighted by Crippen LogP contribution is -2.13. The van der Waals surface area contributed by atoms with E-state index in [9.17, 15) is 0 Å². The van der Waals surface area contributed by atoms with Crippen molar-refractivity contribution in [3.05, 3.63) is 59.2 Å². The second-order valence-corrected chi connectivity index (χ2v) is 5.88. The highest BCUT2D eigenvalue weighted by atomic mass is 15.1. The Labute approximate surface area is 127 Å². The molecule has 0 atom stereocenters. The molecule has 3 rings (SSSR count). The van der Waals surface area contributed by atoms with Crippen molar-refractivity contribution in [2.45, 2.75) is 19.5 Å². The third-order valence-electron chi connectivity index (χ3n) is 3.91. The SMILES string of the molecule is CN(C)Cc1ccccc1NCc1cccc2c1NCC2. The van der Waals surface area contributed by atoms with Gasteiger partial charge in [-0.3, -0.25) is 0 Å². The van der Waals surface area contributed by atoms with Crippen molar-refractivity contribution in [3.63, 3.8) is 0 Å². The van der Waals surface area contributed by atoms with Crippen molar-refractivity contribution in [1.82, 2.24) is 4.90 Å². The molecule has 3 heteroatoms. The zero-order chi connectivity index (χ0) is 14.7. The van der Waals surface area contributed by atoms with Gasteiger partial charge >= 0.3 is 0 Å². The predicted octanol–water partition coefficient (Wildman–Crippen LogP) is 3.33. The molecule has 2 N–H and O–H groups in total. The summed E-state index contributed by atoms with van der Waals surface area (Å²) < 4.78 is 0. The summed E-state index contributed by atoms with van der Waals surface area (Å²) >= 11 is 0. The average molecular weight is 281 g/mol. The molecule has 21 heavy (non-hydrogen) atoms. The highest BCUT2D eigenvalue weighted by molar-refractivity contribution is 5.62. The molecule has 1 aliphatic rings. The minimum absolute atomic E-state index is 0.862. The van der Waals surface area contributed by atoms with Crippen LogP contribution in [0, 0.1) is 0 Å². The van der Waals surface area contributed by atoms with E-state index in [-0.39, 0.29) is 0 Å². The Balaban J connectivity index is 1.75. The molecule has 0 spiro atoms. The minimum Gasteiger partial charge on any atom is -0.384 e. The van der Waals surface area contributed by atoms with Crippen LogP contribution in [0.25, 0.3) is 0 Å². The molecule has 0 saturated carbocycles. The van der Waals surface area contributed by atoms with Gasteiger partial charge in [-0.1, -0.05) is 36.4 Å². The van der Waals surface area contributed by atoms with Crippen molar-refractivity contribution in [1.29, 1.82) is 0 Å². The van der Waals surface area contributed by atoms with E-state index in [1.54, 1.807) is 0 Å². The van der Waals surface area contributed by atoms with E-state index in [0.717, 1.165) is 26.1 Å². The molecule has 0 unspecified atom stereocenters. The standard InChI is InChI=1S/C18H23N3/c1-21(2)13-16-6-3-4-9-17(16)20-12-15-8-5-7-14-10-11-19-18(14)15/h3-9,19-20H,10-13H2,1-2H3. The van der Waals surface area contributed by atoms with Gasteiger partial charge in [0.25, 0.3) is 0 Å². The fourth-order valence-electron chi connectivity index (χ4n) is 2.92. The van der Waals surface area contributed by atoms with Crippen LogP contribution in [0.2, 0.25) is 0 Å². The first-order valence-corrected chi connectivity index (χ1v) is 7.55. The molecule has 2 aromatic carbocycles. The topological polar surface area (TPSA) is 27.3 Å². The lowest BCUT2D eigenvalue weighted by Gasteiger charge is -2.16. The Morgan fingerprint density at radius 1 is 1.05 bits per heavy atom. The lowest BCUT2D eigenvalue weighted by atomic mass is 10.1. The largest absolute Gasteiger partial charge is 0.384 e. The van der Waals surface area contributed by atoms with E-state index in [1.165, 1.54) is 28.1 Å². The van der Waals surface area contributed by atoms with Gasteiger partial charge in [0.05, 0.1) is 0 Å². The van der Waals surface area contributed by atoms with Crippen LogP contribution in [0.15, 0.2) is 42.5 Å². The monoisotopic (exact) mass is 281 g/mol. The van der Waals surface area contributed by atoms with Crippen LogP contribution >= 0.6 is 0 Å². The smallest absolute Gasteiger partial charge is 0.0424 e. The molecule has 110 valence electrons. The molecule has 0 bridgehead atoms. The van der Waals surface area contributed by atoms with E-state index in [0.29, 0.717) is 0 Å². The average Bonchev–Trinajstić information content (AvgIpc) is 2.95. The van der Waals surface area contributed by atoms with Crippen LogP contribution in [0.1, 0.15) is 16.7 Å². The molecule has 1 heterocycles. The van der Waals surface area contributed by atoms with Crippen molar-refractivity contribution >= 4 is 11.4 Å². The van der Waals surface area contributed by atoms with Crippen LogP contribution in [0.3, 0.4) is 0 Å². The van der Waals surface area contributed by atoms with Crippen LogP contribution in [-0.4, -0.2) is 25.5 Å². The summed E-state index contributed by atoms with van der Waals surface area (Å²) in [6.45, 7) is 2.87. The number of para-hydroxylation sites is 2. The van der Waals surface area contributed by atoms with E-state index in [2.05, 4.69) is 72.1 Å². The van der Waals surface area contributed by atoms with Gasteiger partial charge in [0.1, 0.15) is 0 Å². The van der Waals surface area contributed by atoms with Gasteiger partial charge in [-0.25, -0.2) is 0 Å². The van der Waals surface area contributed by atoms with Gasteiger partial charge in [0, 0.05) is 31.0 Å². The number of fused-ring (bicyclic) bond motifs is 1. The highest BCUT2D eigenvalue weighted by Crippen LogP contribution is 2.27. The molecule has 0 fully saturated rings. The number of hydrogen-bond donors (Lipinski definition) is 2. The Bertz CT molecular complexity index is 620. The third kappa shape index (κ3) is 3.19. The van der Waals surface area contributed by atoms with E-state index in [4.69, 9.17) is 0 Å². The normalized spacial score (nSPS) is 13.1. The molecule has 0 aliphatic carbocycles. The van der Waals surface area contributed by atoms with Gasteiger partial charge < -0.3 is 15.5 Å². The molecule has 0 amide bonds. The Kier molecular flexibility index (Phi) is 4.11. The van der Waals surface area contributed by atoms with Crippen LogP contribution < -0.4 is 10.6 Å². The summed E-state index contributed by atoms with van der Waals surface area (Å²) in [4.78, 5) is 2.20. The van der Waals surface area contributed by atoms with Gasteiger partial charge in [0.15, 0.2) is 0 Å². The van der Waals surface area contributed by atoms with Gasteiger partial charge in [0.2, 0.25) is 0 Å². The van der Waals surface area contributed by atoms with Gasteiger partial charge in [-0.2, -0.15) is 0 Å². The maximum absolute atomic E-state index is 3.60. The second kappa shape index (κ2) is 6.19. The van der Waals surface area contributed by atoms with Crippen molar-refractivity contribution in [2.24, 2.45) is 0 Å². The number of nitrogens with zero attached hydrogens (tertiary/aromatic N) is 1. The van der Waals surface area contributed by atoms with Crippen LogP contribution in [-0.2, 0) is 19.5 Å². The summed E-state index contributed by atoms with van der Waals surface area (Å²) in [7, 11) is 4.20. The number of hydrogen-bond acceptors (Lipinski definition) is 3. The molecule has 0 saturated heterocycles. The fraction of sp³-hybridized carbons (Fsp3) is 0.333. The molecular formula is C18H23N3. The highest BCUT2D eigenvalue weighted by Gasteiger charge is 2.13. The maximum Gasteiger partial charge on any atom is 0.0424 e. The van der Waals surface area contributed by atoms with E-state index >= 15 is 0 Å². The fourth-order valence-corrected chi connectivity index (χ4v) is 2.92. The van der Waals surface area contributed by atoms with Crippen molar-refractivity contribution in [3.8, 4) is 0 Å². The molecule has 1 aliphatic heterocycles. The second-order valence-electron chi connectivity index (χ2n) is 5.88. The summed E-state index contributed by atoms with van der Waals surface area (Å²) in [5.74, 6) is 0. The van der Waals surface area contributed by atoms with Crippen LogP contribution in [0.5, 0.6) is 0 Å². The molecular weight excluding hydrogens is 258 g/mol. The number of nitrogens with one attached hydrogen (secondary N) is 2. The zero-order valence-electron chi connectivity index (χ0n) is 12.8. The lowest BCUT2D eigenvalue weighted by molar-refractivity contribution is 0.403. The zero-order valence-corrected chi connectivity index (χ0v) is 12.8. The summed E-state index contributed by atoms with van der Waals surface area (Å²) in [5.41, 5.74) is 6.68. The van der Waals surface area contributed by atoms with E-state index in [1.807, 2.05) is 0 Å². The molecule has 3 nitrogen and oxygen atoms in total. The summed E-state index contributed by atoms with van der Waals surface area (Å²) in [6, 6.07) is 15.1. The summed E-state index contributed by atoms with van der Waals surface area (Å²) in [6.07, 6.45) is 1.14. The third-order valence-corrected chi connectivity index (χ3v) is 3.91. The predicted molar refractivity (Wildman–Crippen MR) is 89.8 cm³/mol. The number of rotatable bonds is 5. The van der Waals surface area contributed by atoms with Crippen molar-refractivity contribution in [2.75, 3.05) is 31.3 Å². The van der Waals surface area contributed by atoms with Gasteiger partial charge in [-0.05, 0) is 43.3 Å². The quantitative estimate of drug-likeness (QED) is 0.880. The first-order chi connectivity index (χ1) is 10.2. The minimum atomic E-state index is 0.862. The number of anilines is 2. The molecule has 0 radical (unpaired) electrons. The van der Waals surface area contributed by atoms with Gasteiger partial charge in [-0.15, -0.1) is 0 Å². The first kappa shape index (κ1) is 14.0. The first-order valence-electron chi connectivity index (χ1n) is 7.55. The molecule has 0 aromatic heterocycles. The number of benzene rings is 2. The van der Waals surface area contributed by atoms with E-state index < -0.39 is 0 Å². The van der Waals surface area contributed by atoms with Crippen LogP contribution in [0.4, 0.5) is 11.4 Å². The maximum atomic E-state index is 3.60. The molecule has 2 aromatic rings. The summed E-state index contributed by atoms with van der Waals surface area (Å²) in [5, 5.41) is 7.10. The Hall–Kier alpha value is -2.00. The Morgan fingerprint density at radius 3 is 2.71 bits per heavy atom. The Morgan fingerprint density at radius 2 is 1.86 bits per heavy atom.